The van der Waals surface area contributed by atoms with Crippen LogP contribution in [0.3, 0.4) is 0 Å². The standard InChI is InChI=1S/C11H17NO4/c1-11(2,3)16-10(14)12-7-5-6-8(12)9(13)15-4/h5,7-8H,6H2,1-4H3. The van der Waals surface area contributed by atoms with Crippen LogP contribution in [0.1, 0.15) is 27.2 Å². The zero-order chi connectivity index (χ0) is 12.3. The van der Waals surface area contributed by atoms with Crippen LogP contribution in [0, 0.1) is 0 Å². The first-order valence-electron chi connectivity index (χ1n) is 5.11. The summed E-state index contributed by atoms with van der Waals surface area (Å²) in [7, 11) is 1.30. The normalized spacial score (nSPS) is 19.8. The second-order valence-electron chi connectivity index (χ2n) is 4.55. The lowest BCUT2D eigenvalue weighted by atomic mass is 10.2. The molecule has 5 nitrogen and oxygen atoms in total. The lowest BCUT2D eigenvalue weighted by Gasteiger charge is -2.26. The van der Waals surface area contributed by atoms with Gasteiger partial charge < -0.3 is 9.47 Å². The highest BCUT2D eigenvalue weighted by atomic mass is 16.6. The Kier molecular flexibility index (Phi) is 3.57. The average molecular weight is 227 g/mol. The quantitative estimate of drug-likeness (QED) is 0.639. The molecule has 16 heavy (non-hydrogen) atoms. The largest absolute Gasteiger partial charge is 0.467 e. The van der Waals surface area contributed by atoms with Gasteiger partial charge in [-0.1, -0.05) is 6.08 Å². The van der Waals surface area contributed by atoms with Crippen LogP contribution in [0.15, 0.2) is 12.3 Å². The maximum atomic E-state index is 11.7. The first-order valence-corrected chi connectivity index (χ1v) is 5.11. The first kappa shape index (κ1) is 12.5. The molecule has 1 aliphatic rings. The predicted octanol–water partition coefficient (Wildman–Crippen LogP) is 1.68. The molecule has 0 aromatic rings. The molecule has 1 amide bonds. The number of methoxy groups -OCH3 is 1. The third-order valence-corrected chi connectivity index (χ3v) is 2.04. The van der Waals surface area contributed by atoms with Gasteiger partial charge in [-0.25, -0.2) is 9.59 Å². The van der Waals surface area contributed by atoms with Gasteiger partial charge in [-0.2, -0.15) is 0 Å². The molecule has 0 aliphatic carbocycles. The molecule has 0 aromatic carbocycles. The first-order chi connectivity index (χ1) is 7.35. The number of hydrogen-bond donors (Lipinski definition) is 0. The van der Waals surface area contributed by atoms with Crippen molar-refractivity contribution < 1.29 is 19.1 Å². The van der Waals surface area contributed by atoms with E-state index in [1.54, 1.807) is 33.0 Å². The molecule has 1 aliphatic heterocycles. The molecule has 0 aromatic heterocycles. The molecule has 1 rings (SSSR count). The molecule has 0 radical (unpaired) electrons. The third-order valence-electron chi connectivity index (χ3n) is 2.04. The van der Waals surface area contributed by atoms with Gasteiger partial charge in [0.15, 0.2) is 0 Å². The van der Waals surface area contributed by atoms with E-state index in [-0.39, 0.29) is 0 Å². The molecule has 0 bridgehead atoms. The van der Waals surface area contributed by atoms with Crippen LogP contribution < -0.4 is 0 Å². The Labute approximate surface area is 95.0 Å². The number of amides is 1. The van der Waals surface area contributed by atoms with E-state index in [4.69, 9.17) is 4.74 Å². The van der Waals surface area contributed by atoms with E-state index in [1.807, 2.05) is 0 Å². The van der Waals surface area contributed by atoms with Crippen molar-refractivity contribution >= 4 is 12.1 Å². The summed E-state index contributed by atoms with van der Waals surface area (Å²) >= 11 is 0. The number of rotatable bonds is 1. The molecule has 0 N–H and O–H groups in total. The Morgan fingerprint density at radius 2 is 2.00 bits per heavy atom. The van der Waals surface area contributed by atoms with E-state index < -0.39 is 23.7 Å². The van der Waals surface area contributed by atoms with E-state index in [9.17, 15) is 9.59 Å². The molecular weight excluding hydrogens is 210 g/mol. The summed E-state index contributed by atoms with van der Waals surface area (Å²) in [5, 5.41) is 0. The monoisotopic (exact) mass is 227 g/mol. The van der Waals surface area contributed by atoms with E-state index >= 15 is 0 Å². The summed E-state index contributed by atoms with van der Waals surface area (Å²) in [4.78, 5) is 24.4. The van der Waals surface area contributed by atoms with Crippen molar-refractivity contribution in [3.8, 4) is 0 Å². The number of carbonyl (C=O) groups is 2. The van der Waals surface area contributed by atoms with E-state index in [1.165, 1.54) is 12.0 Å². The minimum Gasteiger partial charge on any atom is -0.467 e. The lowest BCUT2D eigenvalue weighted by molar-refractivity contribution is -0.145. The smallest absolute Gasteiger partial charge is 0.415 e. The zero-order valence-electron chi connectivity index (χ0n) is 10.0. The fourth-order valence-corrected chi connectivity index (χ4v) is 1.37. The van der Waals surface area contributed by atoms with Crippen molar-refractivity contribution in [1.82, 2.24) is 4.90 Å². The number of nitrogens with zero attached hydrogens (tertiary/aromatic N) is 1. The van der Waals surface area contributed by atoms with Gasteiger partial charge in [0.05, 0.1) is 7.11 Å². The second kappa shape index (κ2) is 4.55. The minimum atomic E-state index is -0.597. The molecule has 0 spiro atoms. The van der Waals surface area contributed by atoms with Crippen LogP contribution in [-0.2, 0) is 14.3 Å². The Hall–Kier alpha value is -1.52. The van der Waals surface area contributed by atoms with Gasteiger partial charge in [-0.3, -0.25) is 4.90 Å². The summed E-state index contributed by atoms with van der Waals surface area (Å²) in [5.41, 5.74) is -0.575. The second-order valence-corrected chi connectivity index (χ2v) is 4.55. The van der Waals surface area contributed by atoms with Crippen molar-refractivity contribution in [2.75, 3.05) is 7.11 Å². The summed E-state index contributed by atoms with van der Waals surface area (Å²) in [5.74, 6) is -0.434. The summed E-state index contributed by atoms with van der Waals surface area (Å²) in [6.45, 7) is 5.33. The maximum absolute atomic E-state index is 11.7. The minimum absolute atomic E-state index is 0.434. The fourth-order valence-electron chi connectivity index (χ4n) is 1.37. The number of esters is 1. The van der Waals surface area contributed by atoms with Gasteiger partial charge in [0.1, 0.15) is 11.6 Å². The van der Waals surface area contributed by atoms with Crippen molar-refractivity contribution in [3.63, 3.8) is 0 Å². The van der Waals surface area contributed by atoms with Gasteiger partial charge in [0.25, 0.3) is 0 Å². The third kappa shape index (κ3) is 2.98. The molecule has 1 heterocycles. The van der Waals surface area contributed by atoms with Crippen molar-refractivity contribution in [2.45, 2.75) is 38.8 Å². The van der Waals surface area contributed by atoms with Crippen molar-refractivity contribution in [2.24, 2.45) is 0 Å². The van der Waals surface area contributed by atoms with Gasteiger partial charge in [-0.15, -0.1) is 0 Å². The Bertz CT molecular complexity index is 316. The highest BCUT2D eigenvalue weighted by Gasteiger charge is 2.34. The SMILES string of the molecule is COC(=O)C1CC=CN1C(=O)OC(C)(C)C. The van der Waals surface area contributed by atoms with Crippen molar-refractivity contribution in [1.29, 1.82) is 0 Å². The molecule has 0 saturated heterocycles. The summed E-state index contributed by atoms with van der Waals surface area (Å²) < 4.78 is 9.79. The molecule has 0 fully saturated rings. The Morgan fingerprint density at radius 1 is 1.38 bits per heavy atom. The number of ether oxygens (including phenoxy) is 2. The fraction of sp³-hybridized carbons (Fsp3) is 0.636. The molecular formula is C11H17NO4. The maximum Gasteiger partial charge on any atom is 0.415 e. The average Bonchev–Trinajstić information content (AvgIpc) is 2.62. The lowest BCUT2D eigenvalue weighted by Crippen LogP contribution is -2.42. The number of hydrogen-bond acceptors (Lipinski definition) is 4. The summed E-state index contributed by atoms with van der Waals surface area (Å²) in [6.07, 6.45) is 3.23. The van der Waals surface area contributed by atoms with E-state index in [0.717, 1.165) is 0 Å². The van der Waals surface area contributed by atoms with Crippen LogP contribution in [0.5, 0.6) is 0 Å². The van der Waals surface area contributed by atoms with Crippen LogP contribution in [0.25, 0.3) is 0 Å². The van der Waals surface area contributed by atoms with Crippen LogP contribution in [0.2, 0.25) is 0 Å². The molecule has 1 atom stereocenters. The van der Waals surface area contributed by atoms with Crippen LogP contribution in [0.4, 0.5) is 4.79 Å². The van der Waals surface area contributed by atoms with Gasteiger partial charge >= 0.3 is 12.1 Å². The molecule has 0 saturated carbocycles. The number of carbonyl (C=O) groups excluding carboxylic acids is 2. The molecule has 5 heteroatoms. The molecule has 90 valence electrons. The molecule has 1 unspecified atom stereocenters. The van der Waals surface area contributed by atoms with E-state index in [0.29, 0.717) is 6.42 Å². The highest BCUT2D eigenvalue weighted by molar-refractivity contribution is 5.83. The highest BCUT2D eigenvalue weighted by Crippen LogP contribution is 2.19. The van der Waals surface area contributed by atoms with E-state index in [2.05, 4.69) is 4.74 Å². The van der Waals surface area contributed by atoms with Crippen LogP contribution in [-0.4, -0.2) is 35.7 Å². The predicted molar refractivity (Wildman–Crippen MR) is 57.6 cm³/mol. The van der Waals surface area contributed by atoms with Gasteiger partial charge in [-0.05, 0) is 27.2 Å². The Morgan fingerprint density at radius 3 is 2.50 bits per heavy atom. The van der Waals surface area contributed by atoms with Gasteiger partial charge in [0, 0.05) is 6.20 Å². The summed E-state index contributed by atoms with van der Waals surface area (Å²) in [6, 6.07) is -0.597. The Balaban J connectivity index is 2.68. The zero-order valence-corrected chi connectivity index (χ0v) is 10.0. The van der Waals surface area contributed by atoms with Crippen molar-refractivity contribution in [3.05, 3.63) is 12.3 Å². The topological polar surface area (TPSA) is 55.8 Å². The van der Waals surface area contributed by atoms with Gasteiger partial charge in [0.2, 0.25) is 0 Å². The van der Waals surface area contributed by atoms with Crippen LogP contribution >= 0.6 is 0 Å².